The molecule has 160 valence electrons. The first-order chi connectivity index (χ1) is 14.8. The highest BCUT2D eigenvalue weighted by Gasteiger charge is 2.17. The molecule has 1 N–H and O–H groups in total. The number of esters is 1. The first kappa shape index (κ1) is 22.2. The highest BCUT2D eigenvalue weighted by Crippen LogP contribution is 2.26. The summed E-state index contributed by atoms with van der Waals surface area (Å²) in [5.41, 5.74) is 1.12. The van der Waals surface area contributed by atoms with E-state index in [4.69, 9.17) is 20.8 Å². The van der Waals surface area contributed by atoms with Crippen molar-refractivity contribution < 1.29 is 23.7 Å². The lowest BCUT2D eigenvalue weighted by molar-refractivity contribution is -0.384. The minimum atomic E-state index is -0.701. The van der Waals surface area contributed by atoms with E-state index in [1.54, 1.807) is 37.3 Å². The molecule has 0 saturated carbocycles. The Morgan fingerprint density at radius 2 is 1.97 bits per heavy atom. The molecule has 1 heterocycles. The molecule has 12 heteroatoms. The molecule has 1 aromatic heterocycles. The van der Waals surface area contributed by atoms with Crippen LogP contribution in [-0.2, 0) is 14.3 Å². The highest BCUT2D eigenvalue weighted by molar-refractivity contribution is 7.99. The van der Waals surface area contributed by atoms with Gasteiger partial charge in [0.05, 0.1) is 4.92 Å². The zero-order chi connectivity index (χ0) is 22.4. The number of nitro benzene ring substituents is 1. The summed E-state index contributed by atoms with van der Waals surface area (Å²) in [4.78, 5) is 34.3. The molecule has 0 atom stereocenters. The molecule has 31 heavy (non-hydrogen) atoms. The summed E-state index contributed by atoms with van der Waals surface area (Å²) in [5.74, 6) is -1.29. The molecular weight excluding hydrogens is 448 g/mol. The number of halogens is 1. The minimum Gasteiger partial charge on any atom is -0.455 e. The van der Waals surface area contributed by atoms with Gasteiger partial charge in [-0.15, -0.1) is 10.2 Å². The number of amides is 1. The third kappa shape index (κ3) is 6.27. The van der Waals surface area contributed by atoms with E-state index < -0.39 is 23.4 Å². The standard InChI is InChI=1S/C19H15ClN4O6S/c1-11-2-7-14(15(8-11)24(27)28)21-16(25)9-29-17(26)10-31-19-23-22-18(30-19)12-3-5-13(20)6-4-12/h2-8H,9-10H2,1H3,(H,21,25). The number of carbonyl (C=O) groups excluding carboxylic acids is 2. The quantitative estimate of drug-likeness (QED) is 0.228. The van der Waals surface area contributed by atoms with Crippen LogP contribution in [0, 0.1) is 17.0 Å². The Morgan fingerprint density at radius 3 is 2.68 bits per heavy atom. The van der Waals surface area contributed by atoms with Crippen LogP contribution in [0.5, 0.6) is 0 Å². The molecule has 3 rings (SSSR count). The highest BCUT2D eigenvalue weighted by atomic mass is 35.5. The van der Waals surface area contributed by atoms with E-state index in [9.17, 15) is 19.7 Å². The number of thioether (sulfide) groups is 1. The van der Waals surface area contributed by atoms with Crippen molar-refractivity contribution in [3.63, 3.8) is 0 Å². The summed E-state index contributed by atoms with van der Waals surface area (Å²) in [6, 6.07) is 11.2. The second-order valence-electron chi connectivity index (χ2n) is 6.16. The number of nitro groups is 1. The van der Waals surface area contributed by atoms with Crippen molar-refractivity contribution in [2.75, 3.05) is 17.7 Å². The number of nitrogens with one attached hydrogen (secondary N) is 1. The molecule has 0 aliphatic rings. The van der Waals surface area contributed by atoms with Gasteiger partial charge in [0.15, 0.2) is 6.61 Å². The predicted octanol–water partition coefficient (Wildman–Crippen LogP) is 3.88. The van der Waals surface area contributed by atoms with Crippen molar-refractivity contribution in [3.8, 4) is 11.5 Å². The molecular formula is C19H15ClN4O6S. The van der Waals surface area contributed by atoms with E-state index >= 15 is 0 Å². The molecule has 0 spiro atoms. The predicted molar refractivity (Wildman–Crippen MR) is 113 cm³/mol. The molecule has 0 bridgehead atoms. The lowest BCUT2D eigenvalue weighted by atomic mass is 10.2. The monoisotopic (exact) mass is 462 g/mol. The average Bonchev–Trinajstić information content (AvgIpc) is 3.21. The number of carbonyl (C=O) groups is 2. The Labute approximate surface area is 185 Å². The van der Waals surface area contributed by atoms with Gasteiger partial charge in [0.2, 0.25) is 5.89 Å². The van der Waals surface area contributed by atoms with Crippen LogP contribution in [0.2, 0.25) is 5.02 Å². The van der Waals surface area contributed by atoms with Crippen molar-refractivity contribution in [2.24, 2.45) is 0 Å². The molecule has 0 aliphatic carbocycles. The number of rotatable bonds is 8. The molecule has 0 aliphatic heterocycles. The maximum atomic E-state index is 12.0. The number of hydrogen-bond acceptors (Lipinski definition) is 9. The maximum absolute atomic E-state index is 12.0. The van der Waals surface area contributed by atoms with Crippen molar-refractivity contribution in [1.29, 1.82) is 0 Å². The maximum Gasteiger partial charge on any atom is 0.316 e. The normalized spacial score (nSPS) is 10.5. The van der Waals surface area contributed by atoms with Crippen molar-refractivity contribution in [2.45, 2.75) is 12.1 Å². The van der Waals surface area contributed by atoms with Crippen LogP contribution in [0.3, 0.4) is 0 Å². The summed E-state index contributed by atoms with van der Waals surface area (Å²) >= 11 is 6.78. The van der Waals surface area contributed by atoms with Gasteiger partial charge < -0.3 is 14.5 Å². The van der Waals surface area contributed by atoms with Crippen LogP contribution in [0.1, 0.15) is 5.56 Å². The fraction of sp³-hybridized carbons (Fsp3) is 0.158. The topological polar surface area (TPSA) is 137 Å². The van der Waals surface area contributed by atoms with Gasteiger partial charge in [-0.05, 0) is 42.8 Å². The molecule has 0 fully saturated rings. The fourth-order valence-corrected chi connectivity index (χ4v) is 3.06. The minimum absolute atomic E-state index is 0.0200. The van der Waals surface area contributed by atoms with Gasteiger partial charge in [0, 0.05) is 16.7 Å². The average molecular weight is 463 g/mol. The lowest BCUT2D eigenvalue weighted by Gasteiger charge is -2.07. The first-order valence-corrected chi connectivity index (χ1v) is 10.1. The Hall–Kier alpha value is -3.44. The van der Waals surface area contributed by atoms with Crippen LogP contribution in [0.4, 0.5) is 11.4 Å². The van der Waals surface area contributed by atoms with Crippen LogP contribution < -0.4 is 5.32 Å². The Kier molecular flexibility index (Phi) is 7.21. The molecule has 10 nitrogen and oxygen atoms in total. The van der Waals surface area contributed by atoms with Gasteiger partial charge in [-0.2, -0.15) is 0 Å². The molecule has 2 aromatic carbocycles. The zero-order valence-electron chi connectivity index (χ0n) is 16.0. The van der Waals surface area contributed by atoms with Gasteiger partial charge in [0.1, 0.15) is 11.4 Å². The second-order valence-corrected chi connectivity index (χ2v) is 7.52. The summed E-state index contributed by atoms with van der Waals surface area (Å²) in [5, 5.41) is 21.9. The summed E-state index contributed by atoms with van der Waals surface area (Å²) < 4.78 is 10.3. The Balaban J connectivity index is 1.47. The van der Waals surface area contributed by atoms with Crippen molar-refractivity contribution in [1.82, 2.24) is 10.2 Å². The molecule has 3 aromatic rings. The van der Waals surface area contributed by atoms with Gasteiger partial charge in [0.25, 0.3) is 16.8 Å². The third-order valence-electron chi connectivity index (χ3n) is 3.80. The fourth-order valence-electron chi connectivity index (χ4n) is 2.37. The van der Waals surface area contributed by atoms with E-state index in [0.717, 1.165) is 11.8 Å². The van der Waals surface area contributed by atoms with Crippen LogP contribution in [0.25, 0.3) is 11.5 Å². The van der Waals surface area contributed by atoms with Crippen LogP contribution >= 0.6 is 23.4 Å². The van der Waals surface area contributed by atoms with Gasteiger partial charge in [-0.25, -0.2) is 0 Å². The number of benzene rings is 2. The number of hydrogen-bond donors (Lipinski definition) is 1. The van der Waals surface area contributed by atoms with E-state index in [1.165, 1.54) is 12.1 Å². The second kappa shape index (κ2) is 10.0. The summed E-state index contributed by atoms with van der Waals surface area (Å²) in [6.07, 6.45) is 0. The number of nitrogens with zero attached hydrogens (tertiary/aromatic N) is 3. The van der Waals surface area contributed by atoms with E-state index in [2.05, 4.69) is 15.5 Å². The van der Waals surface area contributed by atoms with Gasteiger partial charge in [-0.3, -0.25) is 19.7 Å². The Bertz CT molecular complexity index is 1120. The number of anilines is 1. The number of aryl methyl sites for hydroxylation is 1. The largest absolute Gasteiger partial charge is 0.455 e. The van der Waals surface area contributed by atoms with E-state index in [0.29, 0.717) is 16.1 Å². The van der Waals surface area contributed by atoms with Gasteiger partial charge >= 0.3 is 5.97 Å². The van der Waals surface area contributed by atoms with Crippen molar-refractivity contribution in [3.05, 3.63) is 63.2 Å². The third-order valence-corrected chi connectivity index (χ3v) is 4.84. The smallest absolute Gasteiger partial charge is 0.316 e. The lowest BCUT2D eigenvalue weighted by Crippen LogP contribution is -2.22. The van der Waals surface area contributed by atoms with Crippen LogP contribution in [-0.4, -0.2) is 39.4 Å². The Morgan fingerprint density at radius 1 is 1.23 bits per heavy atom. The summed E-state index contributed by atoms with van der Waals surface area (Å²) in [7, 11) is 0. The van der Waals surface area contributed by atoms with E-state index in [-0.39, 0.29) is 28.2 Å². The van der Waals surface area contributed by atoms with Gasteiger partial charge in [-0.1, -0.05) is 29.4 Å². The molecule has 0 unspecified atom stereocenters. The van der Waals surface area contributed by atoms with Crippen LogP contribution in [0.15, 0.2) is 52.1 Å². The van der Waals surface area contributed by atoms with E-state index in [1.807, 2.05) is 0 Å². The number of aromatic nitrogens is 2. The first-order valence-electron chi connectivity index (χ1n) is 8.74. The zero-order valence-corrected chi connectivity index (χ0v) is 17.6. The SMILES string of the molecule is Cc1ccc(NC(=O)COC(=O)CSc2nnc(-c3ccc(Cl)cc3)o2)c([N+](=O)[O-])c1. The molecule has 0 saturated heterocycles. The summed E-state index contributed by atoms with van der Waals surface area (Å²) in [6.45, 7) is 1.10. The molecule has 1 amide bonds. The number of ether oxygens (including phenoxy) is 1. The molecule has 0 radical (unpaired) electrons. The van der Waals surface area contributed by atoms with Crippen molar-refractivity contribution >= 4 is 46.6 Å².